The SMILES string of the molecule is O=C1CCSc2nnccc2N1. The number of nitrogens with one attached hydrogen (secondary N) is 1. The van der Waals surface area contributed by atoms with E-state index in [2.05, 4.69) is 15.5 Å². The van der Waals surface area contributed by atoms with Crippen molar-refractivity contribution >= 4 is 23.4 Å². The Morgan fingerprint density at radius 3 is 3.42 bits per heavy atom. The second-order valence-corrected chi connectivity index (χ2v) is 3.48. The van der Waals surface area contributed by atoms with Crippen molar-refractivity contribution < 1.29 is 4.79 Å². The molecule has 62 valence electrons. The van der Waals surface area contributed by atoms with Gasteiger partial charge in [-0.3, -0.25) is 4.79 Å². The van der Waals surface area contributed by atoms with Crippen LogP contribution in [0.4, 0.5) is 5.69 Å². The molecule has 0 unspecified atom stereocenters. The molecule has 0 aromatic carbocycles. The van der Waals surface area contributed by atoms with E-state index < -0.39 is 0 Å². The highest BCUT2D eigenvalue weighted by Gasteiger charge is 2.13. The molecule has 1 aliphatic heterocycles. The van der Waals surface area contributed by atoms with Crippen LogP contribution in [0, 0.1) is 0 Å². The van der Waals surface area contributed by atoms with Crippen LogP contribution in [0.1, 0.15) is 6.42 Å². The van der Waals surface area contributed by atoms with Crippen molar-refractivity contribution in [3.05, 3.63) is 12.3 Å². The van der Waals surface area contributed by atoms with E-state index in [1.54, 1.807) is 24.0 Å². The highest BCUT2D eigenvalue weighted by Crippen LogP contribution is 2.26. The zero-order chi connectivity index (χ0) is 8.39. The quantitative estimate of drug-likeness (QED) is 0.646. The number of carbonyl (C=O) groups excluding carboxylic acids is 1. The number of hydrogen-bond donors (Lipinski definition) is 1. The molecule has 2 rings (SSSR count). The molecule has 12 heavy (non-hydrogen) atoms. The van der Waals surface area contributed by atoms with Crippen molar-refractivity contribution in [2.24, 2.45) is 0 Å². The maximum Gasteiger partial charge on any atom is 0.225 e. The Morgan fingerprint density at radius 1 is 1.58 bits per heavy atom. The summed E-state index contributed by atoms with van der Waals surface area (Å²) in [6.07, 6.45) is 2.12. The van der Waals surface area contributed by atoms with Crippen LogP contribution >= 0.6 is 11.8 Å². The molecule has 0 atom stereocenters. The fraction of sp³-hybridized carbons (Fsp3) is 0.286. The largest absolute Gasteiger partial charge is 0.324 e. The van der Waals surface area contributed by atoms with Gasteiger partial charge >= 0.3 is 0 Å². The lowest BCUT2D eigenvalue weighted by atomic mass is 10.4. The maximum absolute atomic E-state index is 11.1. The van der Waals surface area contributed by atoms with Gasteiger partial charge in [-0.05, 0) is 6.07 Å². The van der Waals surface area contributed by atoms with Crippen molar-refractivity contribution in [3.63, 3.8) is 0 Å². The summed E-state index contributed by atoms with van der Waals surface area (Å²) in [6.45, 7) is 0. The third-order valence-electron chi connectivity index (χ3n) is 1.53. The summed E-state index contributed by atoms with van der Waals surface area (Å²) in [4.78, 5) is 11.1. The van der Waals surface area contributed by atoms with Crippen molar-refractivity contribution in [1.82, 2.24) is 10.2 Å². The van der Waals surface area contributed by atoms with Gasteiger partial charge in [0.1, 0.15) is 5.03 Å². The lowest BCUT2D eigenvalue weighted by Crippen LogP contribution is -2.10. The monoisotopic (exact) mass is 181 g/mol. The van der Waals surface area contributed by atoms with Gasteiger partial charge in [0.2, 0.25) is 5.91 Å². The molecule has 0 saturated carbocycles. The van der Waals surface area contributed by atoms with Crippen LogP contribution < -0.4 is 5.32 Å². The Hall–Kier alpha value is -1.10. The summed E-state index contributed by atoms with van der Waals surface area (Å²) < 4.78 is 0. The predicted octanol–water partition coefficient (Wildman–Crippen LogP) is 0.911. The minimum Gasteiger partial charge on any atom is -0.324 e. The zero-order valence-electron chi connectivity index (χ0n) is 6.28. The van der Waals surface area contributed by atoms with Crippen LogP contribution in [0.25, 0.3) is 0 Å². The summed E-state index contributed by atoms with van der Waals surface area (Å²) in [5.74, 6) is 0.826. The number of fused-ring (bicyclic) bond motifs is 1. The molecule has 4 nitrogen and oxygen atoms in total. The Morgan fingerprint density at radius 2 is 2.50 bits per heavy atom. The summed E-state index contributed by atoms with van der Waals surface area (Å²) in [5.41, 5.74) is 0.775. The molecule has 0 spiro atoms. The Balaban J connectivity index is 2.37. The highest BCUT2D eigenvalue weighted by molar-refractivity contribution is 7.99. The van der Waals surface area contributed by atoms with Crippen LogP contribution in [-0.2, 0) is 4.79 Å². The van der Waals surface area contributed by atoms with Gasteiger partial charge in [0.15, 0.2) is 0 Å². The molecule has 0 aliphatic carbocycles. The number of amides is 1. The van der Waals surface area contributed by atoms with Gasteiger partial charge in [-0.25, -0.2) is 0 Å². The number of hydrogen-bond acceptors (Lipinski definition) is 4. The third kappa shape index (κ3) is 1.40. The van der Waals surface area contributed by atoms with Crippen molar-refractivity contribution in [2.45, 2.75) is 11.4 Å². The first-order valence-electron chi connectivity index (χ1n) is 3.60. The predicted molar refractivity (Wildman–Crippen MR) is 46.0 cm³/mol. The first-order chi connectivity index (χ1) is 5.86. The number of aromatic nitrogens is 2. The second kappa shape index (κ2) is 3.10. The van der Waals surface area contributed by atoms with Crippen LogP contribution in [0.15, 0.2) is 17.3 Å². The van der Waals surface area contributed by atoms with Crippen molar-refractivity contribution in [2.75, 3.05) is 11.1 Å². The van der Waals surface area contributed by atoms with E-state index in [1.165, 1.54) is 0 Å². The summed E-state index contributed by atoms with van der Waals surface area (Å²) in [6, 6.07) is 1.76. The standard InChI is InChI=1S/C7H7N3OS/c11-6-2-4-12-7-5(9-6)1-3-8-10-7/h1,3H,2,4H2,(H,9,11). The fourth-order valence-electron chi connectivity index (χ4n) is 0.974. The van der Waals surface area contributed by atoms with Crippen LogP contribution in [0.3, 0.4) is 0 Å². The molecular weight excluding hydrogens is 174 g/mol. The van der Waals surface area contributed by atoms with E-state index in [-0.39, 0.29) is 5.91 Å². The number of carbonyl (C=O) groups is 1. The molecule has 0 radical (unpaired) electrons. The average molecular weight is 181 g/mol. The minimum absolute atomic E-state index is 0.0502. The van der Waals surface area contributed by atoms with Gasteiger partial charge in [0, 0.05) is 12.2 Å². The molecule has 1 aromatic heterocycles. The van der Waals surface area contributed by atoms with Crippen LogP contribution in [-0.4, -0.2) is 21.9 Å². The van der Waals surface area contributed by atoms with Gasteiger partial charge in [-0.15, -0.1) is 16.9 Å². The van der Waals surface area contributed by atoms with E-state index in [0.29, 0.717) is 6.42 Å². The normalized spacial score (nSPS) is 16.2. The Labute approximate surface area is 73.8 Å². The molecule has 5 heteroatoms. The van der Waals surface area contributed by atoms with Crippen molar-refractivity contribution in [3.8, 4) is 0 Å². The first kappa shape index (κ1) is 7.54. The molecule has 0 bridgehead atoms. The number of rotatable bonds is 0. The van der Waals surface area contributed by atoms with Crippen LogP contribution in [0.5, 0.6) is 0 Å². The van der Waals surface area contributed by atoms with E-state index in [1.807, 2.05) is 0 Å². The first-order valence-corrected chi connectivity index (χ1v) is 4.59. The molecular formula is C7H7N3OS. The van der Waals surface area contributed by atoms with Crippen molar-refractivity contribution in [1.29, 1.82) is 0 Å². The van der Waals surface area contributed by atoms with Gasteiger partial charge in [-0.1, -0.05) is 0 Å². The molecule has 1 N–H and O–H groups in total. The van der Waals surface area contributed by atoms with E-state index in [9.17, 15) is 4.79 Å². The second-order valence-electron chi connectivity index (χ2n) is 2.40. The fourth-order valence-corrected chi connectivity index (χ4v) is 1.83. The average Bonchev–Trinajstić information content (AvgIpc) is 2.25. The van der Waals surface area contributed by atoms with Gasteiger partial charge in [-0.2, -0.15) is 5.10 Å². The molecule has 2 heterocycles. The number of thioether (sulfide) groups is 1. The molecule has 1 aromatic rings. The van der Waals surface area contributed by atoms with E-state index in [0.717, 1.165) is 16.5 Å². The molecule has 0 saturated heterocycles. The van der Waals surface area contributed by atoms with E-state index >= 15 is 0 Å². The Kier molecular flexibility index (Phi) is 1.95. The lowest BCUT2D eigenvalue weighted by Gasteiger charge is -2.01. The van der Waals surface area contributed by atoms with Gasteiger partial charge in [0.25, 0.3) is 0 Å². The third-order valence-corrected chi connectivity index (χ3v) is 2.51. The molecule has 0 fully saturated rings. The van der Waals surface area contributed by atoms with E-state index in [4.69, 9.17) is 0 Å². The summed E-state index contributed by atoms with van der Waals surface area (Å²) in [5, 5.41) is 11.2. The minimum atomic E-state index is 0.0502. The maximum atomic E-state index is 11.1. The molecule has 1 amide bonds. The van der Waals surface area contributed by atoms with Crippen LogP contribution in [0.2, 0.25) is 0 Å². The van der Waals surface area contributed by atoms with Gasteiger partial charge < -0.3 is 5.32 Å². The lowest BCUT2D eigenvalue weighted by molar-refractivity contribution is -0.115. The number of anilines is 1. The summed E-state index contributed by atoms with van der Waals surface area (Å²) >= 11 is 1.56. The van der Waals surface area contributed by atoms with Gasteiger partial charge in [0.05, 0.1) is 11.9 Å². The molecule has 1 aliphatic rings. The Bertz CT molecular complexity index is 315. The highest BCUT2D eigenvalue weighted by atomic mass is 32.2. The number of nitrogens with zero attached hydrogens (tertiary/aromatic N) is 2. The summed E-state index contributed by atoms with van der Waals surface area (Å²) in [7, 11) is 0. The topological polar surface area (TPSA) is 54.9 Å². The smallest absolute Gasteiger partial charge is 0.225 e. The zero-order valence-corrected chi connectivity index (χ0v) is 7.10.